The molecule has 1 aliphatic rings. The number of aromatic nitrogens is 4. The molecular formula is C24H23N7O3. The van der Waals surface area contributed by atoms with E-state index in [2.05, 4.69) is 42.3 Å². The molecule has 1 aromatic carbocycles. The van der Waals surface area contributed by atoms with E-state index in [9.17, 15) is 9.59 Å². The van der Waals surface area contributed by atoms with Crippen LogP contribution in [0.5, 0.6) is 0 Å². The molecule has 0 spiro atoms. The average Bonchev–Trinajstić information content (AvgIpc) is 3.41. The molecule has 1 amide bonds. The topological polar surface area (TPSA) is 109 Å². The SMILES string of the molecule is O=C(Cn1nc(-c2ccco2)ccc1=O)Nc1cc(N2CCN(c3ccccc3)CC2)ncn1. The van der Waals surface area contributed by atoms with Crippen LogP contribution >= 0.6 is 0 Å². The summed E-state index contributed by atoms with van der Waals surface area (Å²) in [4.78, 5) is 37.8. The van der Waals surface area contributed by atoms with Gasteiger partial charge in [-0.25, -0.2) is 14.6 Å². The van der Waals surface area contributed by atoms with Gasteiger partial charge in [0, 0.05) is 44.0 Å². The number of anilines is 3. The number of carbonyl (C=O) groups excluding carboxylic acids is 1. The van der Waals surface area contributed by atoms with E-state index >= 15 is 0 Å². The zero-order valence-electron chi connectivity index (χ0n) is 18.4. The number of para-hydroxylation sites is 1. The smallest absolute Gasteiger partial charge is 0.267 e. The quantitative estimate of drug-likeness (QED) is 0.470. The van der Waals surface area contributed by atoms with Gasteiger partial charge < -0.3 is 19.5 Å². The van der Waals surface area contributed by atoms with Gasteiger partial charge in [-0.1, -0.05) is 18.2 Å². The van der Waals surface area contributed by atoms with Crippen molar-refractivity contribution in [3.05, 3.63) is 83.6 Å². The van der Waals surface area contributed by atoms with Crippen molar-refractivity contribution in [3.8, 4) is 11.5 Å². The lowest BCUT2D eigenvalue weighted by molar-refractivity contribution is -0.117. The normalized spacial score (nSPS) is 13.6. The van der Waals surface area contributed by atoms with Crippen LogP contribution in [0.25, 0.3) is 11.5 Å². The summed E-state index contributed by atoms with van der Waals surface area (Å²) in [6.07, 6.45) is 2.95. The van der Waals surface area contributed by atoms with Gasteiger partial charge in [-0.2, -0.15) is 5.10 Å². The van der Waals surface area contributed by atoms with Gasteiger partial charge in [0.1, 0.15) is 30.2 Å². The Kier molecular flexibility index (Phi) is 6.02. The fourth-order valence-corrected chi connectivity index (χ4v) is 3.86. The van der Waals surface area contributed by atoms with Crippen molar-refractivity contribution in [1.29, 1.82) is 0 Å². The van der Waals surface area contributed by atoms with Crippen LogP contribution in [0, 0.1) is 0 Å². The molecule has 0 saturated carbocycles. The molecule has 10 nitrogen and oxygen atoms in total. The van der Waals surface area contributed by atoms with Gasteiger partial charge in [-0.05, 0) is 30.3 Å². The third-order valence-corrected chi connectivity index (χ3v) is 5.58. The highest BCUT2D eigenvalue weighted by Gasteiger charge is 2.19. The van der Waals surface area contributed by atoms with Crippen LogP contribution in [0.15, 0.2) is 82.5 Å². The predicted molar refractivity (Wildman–Crippen MR) is 128 cm³/mol. The van der Waals surface area contributed by atoms with Crippen molar-refractivity contribution in [2.75, 3.05) is 41.3 Å². The van der Waals surface area contributed by atoms with E-state index < -0.39 is 5.91 Å². The highest BCUT2D eigenvalue weighted by atomic mass is 16.3. The fourth-order valence-electron chi connectivity index (χ4n) is 3.86. The molecule has 1 fully saturated rings. The Morgan fingerprint density at radius 3 is 2.50 bits per heavy atom. The Balaban J connectivity index is 1.22. The molecule has 0 bridgehead atoms. The third-order valence-electron chi connectivity index (χ3n) is 5.58. The maximum absolute atomic E-state index is 12.6. The lowest BCUT2D eigenvalue weighted by Gasteiger charge is -2.36. The second-order valence-electron chi connectivity index (χ2n) is 7.81. The number of furan rings is 1. The van der Waals surface area contributed by atoms with Gasteiger partial charge in [0.15, 0.2) is 5.76 Å². The van der Waals surface area contributed by atoms with E-state index in [-0.39, 0.29) is 12.1 Å². The molecule has 0 unspecified atom stereocenters. The summed E-state index contributed by atoms with van der Waals surface area (Å²) in [5, 5.41) is 6.96. The van der Waals surface area contributed by atoms with Crippen LogP contribution in [-0.2, 0) is 11.3 Å². The van der Waals surface area contributed by atoms with Crippen LogP contribution in [-0.4, -0.2) is 51.8 Å². The minimum atomic E-state index is -0.412. The molecule has 4 heterocycles. The van der Waals surface area contributed by atoms with E-state index in [1.165, 1.54) is 24.3 Å². The monoisotopic (exact) mass is 457 g/mol. The Morgan fingerprint density at radius 1 is 0.941 bits per heavy atom. The molecule has 34 heavy (non-hydrogen) atoms. The first-order chi connectivity index (χ1) is 16.7. The van der Waals surface area contributed by atoms with E-state index in [4.69, 9.17) is 4.42 Å². The van der Waals surface area contributed by atoms with Gasteiger partial charge in [0.25, 0.3) is 5.56 Å². The lowest BCUT2D eigenvalue weighted by Crippen LogP contribution is -2.46. The Labute approximate surface area is 195 Å². The molecule has 1 N–H and O–H groups in total. The van der Waals surface area contributed by atoms with Crippen LogP contribution in [0.4, 0.5) is 17.3 Å². The molecule has 5 rings (SSSR count). The maximum Gasteiger partial charge on any atom is 0.267 e. The number of piperazine rings is 1. The number of nitrogens with zero attached hydrogens (tertiary/aromatic N) is 6. The lowest BCUT2D eigenvalue weighted by atomic mass is 10.2. The number of carbonyl (C=O) groups is 1. The summed E-state index contributed by atoms with van der Waals surface area (Å²) in [5.41, 5.74) is 1.29. The van der Waals surface area contributed by atoms with Crippen LogP contribution in [0.1, 0.15) is 0 Å². The highest BCUT2D eigenvalue weighted by Crippen LogP contribution is 2.20. The molecule has 4 aromatic rings. The average molecular weight is 457 g/mol. The number of benzene rings is 1. The molecule has 0 aliphatic carbocycles. The minimum absolute atomic E-state index is 0.248. The minimum Gasteiger partial charge on any atom is -0.463 e. The van der Waals surface area contributed by atoms with Gasteiger partial charge in [-0.3, -0.25) is 9.59 Å². The molecule has 1 saturated heterocycles. The number of rotatable bonds is 6. The zero-order valence-corrected chi connectivity index (χ0v) is 18.4. The third kappa shape index (κ3) is 4.80. The standard InChI is InChI=1S/C24H23N7O3/c32-23(16-31-24(33)9-8-19(28-31)20-7-4-14-34-20)27-21-15-22(26-17-25-21)30-12-10-29(11-13-30)18-5-2-1-3-6-18/h1-9,14-15,17H,10-13,16H2,(H,25,26,27,32). The van der Waals surface area contributed by atoms with Crippen molar-refractivity contribution in [1.82, 2.24) is 19.7 Å². The largest absolute Gasteiger partial charge is 0.463 e. The van der Waals surface area contributed by atoms with Crippen molar-refractivity contribution < 1.29 is 9.21 Å². The summed E-state index contributed by atoms with van der Waals surface area (Å²) >= 11 is 0. The summed E-state index contributed by atoms with van der Waals surface area (Å²) < 4.78 is 6.41. The zero-order chi connectivity index (χ0) is 23.3. The highest BCUT2D eigenvalue weighted by molar-refractivity contribution is 5.89. The molecular weight excluding hydrogens is 434 g/mol. The van der Waals surface area contributed by atoms with Crippen LogP contribution in [0.3, 0.4) is 0 Å². The fraction of sp³-hybridized carbons (Fsp3) is 0.208. The van der Waals surface area contributed by atoms with E-state index in [1.807, 2.05) is 18.2 Å². The first-order valence-corrected chi connectivity index (χ1v) is 10.9. The van der Waals surface area contributed by atoms with Crippen molar-refractivity contribution in [2.45, 2.75) is 6.54 Å². The number of hydrogen-bond donors (Lipinski definition) is 1. The first kappa shape index (κ1) is 21.4. The van der Waals surface area contributed by atoms with E-state index in [0.29, 0.717) is 17.3 Å². The predicted octanol–water partition coefficient (Wildman–Crippen LogP) is 2.26. The Morgan fingerprint density at radius 2 is 1.74 bits per heavy atom. The summed E-state index contributed by atoms with van der Waals surface area (Å²) in [7, 11) is 0. The number of nitrogens with one attached hydrogen (secondary N) is 1. The van der Waals surface area contributed by atoms with Gasteiger partial charge in [0.2, 0.25) is 5.91 Å². The summed E-state index contributed by atoms with van der Waals surface area (Å²) in [6, 6.07) is 18.4. The molecule has 0 atom stereocenters. The van der Waals surface area contributed by atoms with Crippen molar-refractivity contribution in [2.24, 2.45) is 0 Å². The van der Waals surface area contributed by atoms with Gasteiger partial charge >= 0.3 is 0 Å². The van der Waals surface area contributed by atoms with E-state index in [0.717, 1.165) is 36.7 Å². The molecule has 1 aliphatic heterocycles. The number of amides is 1. The second-order valence-corrected chi connectivity index (χ2v) is 7.81. The van der Waals surface area contributed by atoms with Crippen molar-refractivity contribution in [3.63, 3.8) is 0 Å². The maximum atomic E-state index is 12.6. The van der Waals surface area contributed by atoms with Crippen LogP contribution in [0.2, 0.25) is 0 Å². The number of hydrogen-bond acceptors (Lipinski definition) is 8. The first-order valence-electron chi connectivity index (χ1n) is 10.9. The van der Waals surface area contributed by atoms with Gasteiger partial charge in [0.05, 0.1) is 6.26 Å². The van der Waals surface area contributed by atoms with Gasteiger partial charge in [-0.15, -0.1) is 0 Å². The molecule has 172 valence electrons. The summed E-state index contributed by atoms with van der Waals surface area (Å²) in [5.74, 6) is 1.22. The van der Waals surface area contributed by atoms with Crippen LogP contribution < -0.4 is 20.7 Å². The molecule has 0 radical (unpaired) electrons. The van der Waals surface area contributed by atoms with Crippen molar-refractivity contribution >= 4 is 23.2 Å². The Hall–Kier alpha value is -4.47. The molecule has 3 aromatic heterocycles. The Bertz CT molecular complexity index is 1310. The second kappa shape index (κ2) is 9.57. The summed E-state index contributed by atoms with van der Waals surface area (Å²) in [6.45, 7) is 3.10. The van der Waals surface area contributed by atoms with E-state index in [1.54, 1.807) is 24.3 Å². The molecule has 10 heteroatoms.